The summed E-state index contributed by atoms with van der Waals surface area (Å²) in [6.45, 7) is 4.38. The Labute approximate surface area is 210 Å². The van der Waals surface area contributed by atoms with Gasteiger partial charge in [0.1, 0.15) is 0 Å². The second-order valence-corrected chi connectivity index (χ2v) is 10.5. The van der Waals surface area contributed by atoms with Crippen LogP contribution in [0.25, 0.3) is 0 Å². The number of rotatable bonds is 22. The van der Waals surface area contributed by atoms with Gasteiger partial charge >= 0.3 is 29.6 Å². The fourth-order valence-electron chi connectivity index (χ4n) is 4.00. The van der Waals surface area contributed by atoms with Crippen LogP contribution in [0.15, 0.2) is 0 Å². The molecule has 30 heavy (non-hydrogen) atoms. The van der Waals surface area contributed by atoms with E-state index in [2.05, 4.69) is 13.8 Å². The van der Waals surface area contributed by atoms with Crippen molar-refractivity contribution in [1.82, 2.24) is 0 Å². The molecule has 0 aromatic carbocycles. The third kappa shape index (κ3) is 22.1. The van der Waals surface area contributed by atoms with Crippen molar-refractivity contribution in [3.8, 4) is 0 Å². The van der Waals surface area contributed by atoms with Crippen LogP contribution in [-0.4, -0.2) is 29.4 Å². The third-order valence-electron chi connectivity index (χ3n) is 5.99. The Morgan fingerprint density at radius 1 is 0.600 bits per heavy atom. The zero-order valence-electron chi connectivity index (χ0n) is 20.4. The van der Waals surface area contributed by atoms with E-state index in [-0.39, 0.29) is 35.7 Å². The van der Waals surface area contributed by atoms with Crippen LogP contribution in [0.5, 0.6) is 0 Å². The molecule has 0 amide bonds. The molecule has 0 radical (unpaired) electrons. The summed E-state index contributed by atoms with van der Waals surface area (Å²) < 4.78 is 34.4. The minimum absolute atomic E-state index is 0. The molecule has 6 heteroatoms. The van der Waals surface area contributed by atoms with E-state index in [1.54, 1.807) is 0 Å². The standard InChI is InChI=1S/C24H50O4S.Na/c1-3-5-7-9-12-15-19-23(25)20-16-13-10-14-18-22-24(29(26,27)28)21-17-11-8-6-4-2;/h23-25H,3-22H2,1-2H3,(H,26,27,28);/q;+1/p-1. The van der Waals surface area contributed by atoms with Crippen LogP contribution < -0.4 is 29.6 Å². The van der Waals surface area contributed by atoms with Gasteiger partial charge in [0, 0.05) is 5.25 Å². The Balaban J connectivity index is 0. The van der Waals surface area contributed by atoms with Crippen LogP contribution in [0.2, 0.25) is 0 Å². The van der Waals surface area contributed by atoms with Gasteiger partial charge in [0.25, 0.3) is 0 Å². The number of unbranched alkanes of at least 4 members (excludes halogenated alkanes) is 13. The predicted molar refractivity (Wildman–Crippen MR) is 123 cm³/mol. The fourth-order valence-corrected chi connectivity index (χ4v) is 4.91. The number of hydrogen-bond donors (Lipinski definition) is 1. The van der Waals surface area contributed by atoms with E-state index in [4.69, 9.17) is 0 Å². The first-order valence-corrected chi connectivity index (χ1v) is 14.0. The largest absolute Gasteiger partial charge is 1.00 e. The van der Waals surface area contributed by atoms with Gasteiger partial charge in [0.05, 0.1) is 16.2 Å². The first-order chi connectivity index (χ1) is 13.9. The van der Waals surface area contributed by atoms with Gasteiger partial charge in [-0.3, -0.25) is 0 Å². The van der Waals surface area contributed by atoms with Gasteiger partial charge in [-0.15, -0.1) is 0 Å². The summed E-state index contributed by atoms with van der Waals surface area (Å²) >= 11 is 0. The molecule has 0 aliphatic rings. The Hall–Kier alpha value is 0.870. The molecule has 0 heterocycles. The van der Waals surface area contributed by atoms with Gasteiger partial charge < -0.3 is 9.66 Å². The number of aliphatic hydroxyl groups excluding tert-OH is 1. The Kier molecular flexibility index (Phi) is 25.4. The van der Waals surface area contributed by atoms with Crippen LogP contribution in [0, 0.1) is 0 Å². The molecule has 0 aliphatic carbocycles. The minimum atomic E-state index is -4.17. The van der Waals surface area contributed by atoms with Crippen molar-refractivity contribution in [2.45, 2.75) is 154 Å². The normalized spacial score (nSPS) is 13.7. The van der Waals surface area contributed by atoms with E-state index in [1.807, 2.05) is 0 Å². The van der Waals surface area contributed by atoms with Crippen LogP contribution in [-0.2, 0) is 10.1 Å². The summed E-state index contributed by atoms with van der Waals surface area (Å²) in [6.07, 6.45) is 20.6. The Morgan fingerprint density at radius 3 is 1.23 bits per heavy atom. The van der Waals surface area contributed by atoms with Gasteiger partial charge in [0.15, 0.2) is 0 Å². The molecule has 0 bridgehead atoms. The van der Waals surface area contributed by atoms with E-state index in [1.165, 1.54) is 44.9 Å². The number of aliphatic hydroxyl groups is 1. The van der Waals surface area contributed by atoms with E-state index in [9.17, 15) is 18.1 Å². The van der Waals surface area contributed by atoms with E-state index in [0.29, 0.717) is 12.8 Å². The topological polar surface area (TPSA) is 77.4 Å². The molecular weight excluding hydrogens is 407 g/mol. The summed E-state index contributed by atoms with van der Waals surface area (Å²) in [7, 11) is -4.17. The van der Waals surface area contributed by atoms with Crippen LogP contribution in [0.4, 0.5) is 0 Å². The maximum atomic E-state index is 11.5. The average molecular weight is 457 g/mol. The first kappa shape index (κ1) is 33.0. The molecule has 4 nitrogen and oxygen atoms in total. The van der Waals surface area contributed by atoms with Crippen molar-refractivity contribution in [2.24, 2.45) is 0 Å². The molecule has 1 N–H and O–H groups in total. The average Bonchev–Trinajstić information content (AvgIpc) is 2.67. The van der Waals surface area contributed by atoms with Crippen molar-refractivity contribution in [2.75, 3.05) is 0 Å². The maximum Gasteiger partial charge on any atom is 1.00 e. The summed E-state index contributed by atoms with van der Waals surface area (Å²) in [4.78, 5) is 0. The van der Waals surface area contributed by atoms with E-state index < -0.39 is 15.4 Å². The van der Waals surface area contributed by atoms with Gasteiger partial charge in [-0.2, -0.15) is 0 Å². The zero-order chi connectivity index (χ0) is 21.8. The summed E-state index contributed by atoms with van der Waals surface area (Å²) in [6, 6.07) is 0. The van der Waals surface area contributed by atoms with Crippen LogP contribution >= 0.6 is 0 Å². The quantitative estimate of drug-likeness (QED) is 0.151. The fraction of sp³-hybridized carbons (Fsp3) is 1.00. The van der Waals surface area contributed by atoms with Gasteiger partial charge in [-0.1, -0.05) is 117 Å². The molecule has 0 aliphatic heterocycles. The Bertz CT molecular complexity index is 442. The van der Waals surface area contributed by atoms with E-state index in [0.717, 1.165) is 70.6 Å². The third-order valence-corrected chi connectivity index (χ3v) is 7.28. The molecule has 2 unspecified atom stereocenters. The van der Waals surface area contributed by atoms with Crippen LogP contribution in [0.1, 0.15) is 142 Å². The van der Waals surface area contributed by atoms with Gasteiger partial charge in [0.2, 0.25) is 0 Å². The molecule has 0 aromatic heterocycles. The predicted octanol–water partition coefficient (Wildman–Crippen LogP) is 4.11. The summed E-state index contributed by atoms with van der Waals surface area (Å²) in [5.41, 5.74) is 0. The van der Waals surface area contributed by atoms with Crippen molar-refractivity contribution >= 4 is 10.1 Å². The first-order valence-electron chi connectivity index (χ1n) is 12.5. The molecular formula is C24H49NaO4S. The zero-order valence-corrected chi connectivity index (χ0v) is 23.2. The second-order valence-electron chi connectivity index (χ2n) is 8.87. The molecule has 176 valence electrons. The number of hydrogen-bond acceptors (Lipinski definition) is 4. The van der Waals surface area contributed by atoms with Crippen LogP contribution in [0.3, 0.4) is 0 Å². The molecule has 0 spiro atoms. The Morgan fingerprint density at radius 2 is 0.900 bits per heavy atom. The smallest absolute Gasteiger partial charge is 0.748 e. The van der Waals surface area contributed by atoms with Crippen molar-refractivity contribution < 1.29 is 47.6 Å². The van der Waals surface area contributed by atoms with Gasteiger partial charge in [-0.05, 0) is 25.7 Å². The molecule has 0 saturated carbocycles. The van der Waals surface area contributed by atoms with E-state index >= 15 is 0 Å². The maximum absolute atomic E-state index is 11.5. The van der Waals surface area contributed by atoms with Crippen molar-refractivity contribution in [3.63, 3.8) is 0 Å². The minimum Gasteiger partial charge on any atom is -0.748 e. The second kappa shape index (κ2) is 23.0. The van der Waals surface area contributed by atoms with Crippen molar-refractivity contribution in [3.05, 3.63) is 0 Å². The van der Waals surface area contributed by atoms with Gasteiger partial charge in [-0.25, -0.2) is 8.42 Å². The monoisotopic (exact) mass is 456 g/mol. The summed E-state index contributed by atoms with van der Waals surface area (Å²) in [5.74, 6) is 0. The molecule has 0 saturated heterocycles. The molecule has 0 aromatic rings. The SMILES string of the molecule is CCCCCCCCC(O)CCCCCCCC(CCCCCCC)S(=O)(=O)[O-].[Na+]. The summed E-state index contributed by atoms with van der Waals surface area (Å²) in [5, 5.41) is 9.36. The molecule has 0 fully saturated rings. The molecule has 2 atom stereocenters. The van der Waals surface area contributed by atoms with Crippen molar-refractivity contribution in [1.29, 1.82) is 0 Å². The molecule has 0 rings (SSSR count).